The molecule has 0 spiro atoms. The van der Waals surface area contributed by atoms with Crippen molar-refractivity contribution in [2.24, 2.45) is 0 Å². The average Bonchev–Trinajstić information content (AvgIpc) is 2.35. The summed E-state index contributed by atoms with van der Waals surface area (Å²) in [6.45, 7) is 8.29. The second-order valence-electron chi connectivity index (χ2n) is 2.67. The van der Waals surface area contributed by atoms with E-state index in [0.717, 1.165) is 6.08 Å². The maximum atomic E-state index is 10.6. The average molecular weight is 230 g/mol. The van der Waals surface area contributed by atoms with E-state index in [1.807, 2.05) is 0 Å². The minimum atomic E-state index is -0.771. The summed E-state index contributed by atoms with van der Waals surface area (Å²) in [5.74, 6) is -0.940. The Hall–Kier alpha value is -1.62. The minimum Gasteiger partial charge on any atom is -0.466 e. The van der Waals surface area contributed by atoms with E-state index in [-0.39, 0.29) is 5.57 Å². The van der Waals surface area contributed by atoms with Crippen molar-refractivity contribution in [3.8, 4) is 0 Å². The lowest BCUT2D eigenvalue weighted by atomic mass is 10.1. The molecule has 0 fully saturated rings. The Morgan fingerprint density at radius 2 is 1.88 bits per heavy atom. The summed E-state index contributed by atoms with van der Waals surface area (Å²) in [5.41, 5.74) is 0.116. The third-order valence-electron chi connectivity index (χ3n) is 1.60. The normalized spacial score (nSPS) is 10.2. The van der Waals surface area contributed by atoms with E-state index in [9.17, 15) is 9.59 Å². The molecule has 0 radical (unpaired) electrons. The zero-order valence-electron chi connectivity index (χ0n) is 9.86. The summed E-state index contributed by atoms with van der Waals surface area (Å²) in [7, 11) is 2.57. The number of esters is 2. The highest BCUT2D eigenvalue weighted by Gasteiger charge is 2.13. The summed E-state index contributed by atoms with van der Waals surface area (Å²) >= 11 is 0. The third-order valence-corrected chi connectivity index (χ3v) is 1.60. The van der Waals surface area contributed by atoms with Crippen molar-refractivity contribution in [3.63, 3.8) is 0 Å². The number of methoxy groups -OCH3 is 2. The van der Waals surface area contributed by atoms with Crippen molar-refractivity contribution >= 4 is 11.9 Å². The van der Waals surface area contributed by atoms with Gasteiger partial charge >= 0.3 is 11.9 Å². The molecular formula is C11H18O5. The fourth-order valence-electron chi connectivity index (χ4n) is 0.597. The predicted molar refractivity (Wildman–Crippen MR) is 59.7 cm³/mol. The molecule has 92 valence electrons. The Morgan fingerprint density at radius 3 is 2.06 bits per heavy atom. The molecule has 0 aliphatic heterocycles. The van der Waals surface area contributed by atoms with Gasteiger partial charge in [-0.3, -0.25) is 0 Å². The second-order valence-corrected chi connectivity index (χ2v) is 2.67. The standard InChI is InChI=1S/C7H12O3.C4H6O2/c1-4-6(8)5(2)7(9)10-3;1-3-4(5)6-2/h6,8H,2,4H2,1,3H3;3H,1H2,2H3. The number of hydrogen-bond donors (Lipinski definition) is 1. The Morgan fingerprint density at radius 1 is 1.38 bits per heavy atom. The molecule has 5 nitrogen and oxygen atoms in total. The van der Waals surface area contributed by atoms with Crippen LogP contribution in [0.3, 0.4) is 0 Å². The van der Waals surface area contributed by atoms with E-state index in [1.54, 1.807) is 6.92 Å². The first-order valence-corrected chi connectivity index (χ1v) is 4.60. The zero-order chi connectivity index (χ0) is 13.1. The van der Waals surface area contributed by atoms with Gasteiger partial charge in [0.1, 0.15) is 0 Å². The lowest BCUT2D eigenvalue weighted by Crippen LogP contribution is -2.17. The van der Waals surface area contributed by atoms with E-state index in [2.05, 4.69) is 22.6 Å². The summed E-state index contributed by atoms with van der Waals surface area (Å²) in [4.78, 5) is 20.5. The van der Waals surface area contributed by atoms with Gasteiger partial charge in [0.25, 0.3) is 0 Å². The van der Waals surface area contributed by atoms with E-state index in [0.29, 0.717) is 6.42 Å². The van der Waals surface area contributed by atoms with Gasteiger partial charge in [-0.1, -0.05) is 20.1 Å². The van der Waals surface area contributed by atoms with E-state index < -0.39 is 18.0 Å². The fourth-order valence-corrected chi connectivity index (χ4v) is 0.597. The Bertz CT molecular complexity index is 257. The van der Waals surface area contributed by atoms with Crippen LogP contribution in [0.4, 0.5) is 0 Å². The van der Waals surface area contributed by atoms with Crippen molar-refractivity contribution in [2.45, 2.75) is 19.4 Å². The number of carbonyl (C=O) groups is 2. The zero-order valence-corrected chi connectivity index (χ0v) is 9.86. The highest BCUT2D eigenvalue weighted by molar-refractivity contribution is 5.88. The van der Waals surface area contributed by atoms with Gasteiger partial charge in [0, 0.05) is 6.08 Å². The van der Waals surface area contributed by atoms with Gasteiger partial charge in [-0.15, -0.1) is 0 Å². The highest BCUT2D eigenvalue weighted by Crippen LogP contribution is 2.04. The van der Waals surface area contributed by atoms with Crippen LogP contribution in [0.1, 0.15) is 13.3 Å². The minimum absolute atomic E-state index is 0.116. The van der Waals surface area contributed by atoms with Crippen LogP contribution in [0.2, 0.25) is 0 Å². The summed E-state index contributed by atoms with van der Waals surface area (Å²) in [5, 5.41) is 9.03. The van der Waals surface area contributed by atoms with Crippen LogP contribution >= 0.6 is 0 Å². The van der Waals surface area contributed by atoms with Gasteiger partial charge in [-0.2, -0.15) is 0 Å². The number of ether oxygens (including phenoxy) is 2. The first-order chi connectivity index (χ1) is 7.44. The SMILES string of the molecule is C=C(C(=O)OC)C(O)CC.C=CC(=O)OC. The van der Waals surface area contributed by atoms with Gasteiger partial charge in [-0.05, 0) is 6.42 Å². The molecule has 0 rings (SSSR count). The molecule has 5 heteroatoms. The third kappa shape index (κ3) is 7.75. The van der Waals surface area contributed by atoms with Crippen LogP contribution in [0, 0.1) is 0 Å². The number of aliphatic hydroxyl groups excluding tert-OH is 1. The largest absolute Gasteiger partial charge is 0.466 e. The van der Waals surface area contributed by atoms with Gasteiger partial charge in [0.05, 0.1) is 25.9 Å². The molecule has 0 bridgehead atoms. The number of aliphatic hydroxyl groups is 1. The molecule has 0 saturated carbocycles. The molecule has 0 aromatic carbocycles. The molecule has 1 unspecified atom stereocenters. The van der Waals surface area contributed by atoms with Crippen LogP contribution in [0.5, 0.6) is 0 Å². The molecule has 0 saturated heterocycles. The van der Waals surface area contributed by atoms with Crippen molar-refractivity contribution in [3.05, 3.63) is 24.8 Å². The predicted octanol–water partition coefficient (Wildman–Crippen LogP) is 0.832. The Kier molecular flexibility index (Phi) is 10.4. The van der Waals surface area contributed by atoms with Crippen molar-refractivity contribution in [1.82, 2.24) is 0 Å². The second kappa shape index (κ2) is 9.92. The monoisotopic (exact) mass is 230 g/mol. The topological polar surface area (TPSA) is 72.8 Å². The van der Waals surface area contributed by atoms with E-state index >= 15 is 0 Å². The van der Waals surface area contributed by atoms with Gasteiger partial charge in [0.2, 0.25) is 0 Å². The molecule has 0 aliphatic rings. The van der Waals surface area contributed by atoms with Gasteiger partial charge in [0.15, 0.2) is 0 Å². The van der Waals surface area contributed by atoms with E-state index in [4.69, 9.17) is 5.11 Å². The first kappa shape index (κ1) is 16.8. The molecule has 0 amide bonds. The molecule has 0 heterocycles. The molecule has 16 heavy (non-hydrogen) atoms. The van der Waals surface area contributed by atoms with Crippen LogP contribution in [-0.4, -0.2) is 37.4 Å². The van der Waals surface area contributed by atoms with Crippen molar-refractivity contribution < 1.29 is 24.2 Å². The van der Waals surface area contributed by atoms with Crippen LogP contribution in [-0.2, 0) is 19.1 Å². The van der Waals surface area contributed by atoms with Gasteiger partial charge < -0.3 is 14.6 Å². The van der Waals surface area contributed by atoms with Crippen LogP contribution in [0.25, 0.3) is 0 Å². The lowest BCUT2D eigenvalue weighted by Gasteiger charge is -2.07. The first-order valence-electron chi connectivity index (χ1n) is 4.60. The molecule has 1 N–H and O–H groups in total. The van der Waals surface area contributed by atoms with Crippen LogP contribution < -0.4 is 0 Å². The molecule has 1 atom stereocenters. The van der Waals surface area contributed by atoms with Crippen LogP contribution in [0.15, 0.2) is 24.8 Å². The van der Waals surface area contributed by atoms with E-state index in [1.165, 1.54) is 14.2 Å². The maximum absolute atomic E-state index is 10.6. The fraction of sp³-hybridized carbons (Fsp3) is 0.455. The smallest absolute Gasteiger partial charge is 0.335 e. The van der Waals surface area contributed by atoms with Gasteiger partial charge in [-0.25, -0.2) is 9.59 Å². The summed E-state index contributed by atoms with van der Waals surface area (Å²) in [6.07, 6.45) is 0.820. The molecular weight excluding hydrogens is 212 g/mol. The highest BCUT2D eigenvalue weighted by atomic mass is 16.5. The lowest BCUT2D eigenvalue weighted by molar-refractivity contribution is -0.137. The summed E-state index contributed by atoms with van der Waals surface area (Å²) in [6, 6.07) is 0. The Labute approximate surface area is 95.4 Å². The molecule has 0 aromatic heterocycles. The van der Waals surface area contributed by atoms with Crippen molar-refractivity contribution in [2.75, 3.05) is 14.2 Å². The number of carbonyl (C=O) groups excluding carboxylic acids is 2. The quantitative estimate of drug-likeness (QED) is 0.572. The maximum Gasteiger partial charge on any atom is 0.335 e. The Balaban J connectivity index is 0. The molecule has 0 aliphatic carbocycles. The molecule has 0 aromatic rings. The van der Waals surface area contributed by atoms with Crippen molar-refractivity contribution in [1.29, 1.82) is 0 Å². The number of rotatable bonds is 4. The summed E-state index contributed by atoms with van der Waals surface area (Å²) < 4.78 is 8.48. The number of hydrogen-bond acceptors (Lipinski definition) is 5.